The largest absolute Gasteiger partial charge is 0.391 e. The van der Waals surface area contributed by atoms with Crippen LogP contribution in [-0.4, -0.2) is 20.3 Å². The molecule has 2 unspecified atom stereocenters. The highest BCUT2D eigenvalue weighted by Crippen LogP contribution is 2.07. The maximum absolute atomic E-state index is 11.7. The molecule has 0 aromatic carbocycles. The normalized spacial score (nSPS) is 15.4. The molecule has 14 heavy (non-hydrogen) atoms. The van der Waals surface area contributed by atoms with E-state index >= 15 is 0 Å². The van der Waals surface area contributed by atoms with Crippen LogP contribution in [0.2, 0.25) is 0 Å². The predicted octanol–water partition coefficient (Wildman–Crippen LogP) is 1.00. The first-order valence-electron chi connectivity index (χ1n) is 5.03. The average Bonchev–Trinajstić information content (AvgIpc) is 2.48. The fourth-order valence-electron chi connectivity index (χ4n) is 1.38. The number of hydrogen-bond acceptors (Lipinski definition) is 2. The van der Waals surface area contributed by atoms with Gasteiger partial charge in [-0.3, -0.25) is 9.13 Å². The van der Waals surface area contributed by atoms with Crippen LogP contribution in [-0.2, 0) is 6.54 Å². The second kappa shape index (κ2) is 4.46. The fraction of sp³-hybridized carbons (Fsp3) is 0.700. The van der Waals surface area contributed by atoms with Crippen LogP contribution in [0.1, 0.15) is 33.2 Å². The smallest absolute Gasteiger partial charge is 0.328 e. The minimum atomic E-state index is -0.509. The summed E-state index contributed by atoms with van der Waals surface area (Å²) in [6.45, 7) is 6.29. The van der Waals surface area contributed by atoms with E-state index in [1.165, 1.54) is 0 Å². The highest BCUT2D eigenvalue weighted by molar-refractivity contribution is 4.85. The Morgan fingerprint density at radius 3 is 2.57 bits per heavy atom. The van der Waals surface area contributed by atoms with Crippen molar-refractivity contribution in [1.29, 1.82) is 0 Å². The topological polar surface area (TPSA) is 47.2 Å². The van der Waals surface area contributed by atoms with Gasteiger partial charge in [0.1, 0.15) is 0 Å². The van der Waals surface area contributed by atoms with Gasteiger partial charge in [-0.15, -0.1) is 0 Å². The first-order valence-corrected chi connectivity index (χ1v) is 5.03. The van der Waals surface area contributed by atoms with Gasteiger partial charge in [0.2, 0.25) is 0 Å². The van der Waals surface area contributed by atoms with Gasteiger partial charge in [-0.2, -0.15) is 0 Å². The number of aromatic nitrogens is 2. The molecule has 0 saturated heterocycles. The van der Waals surface area contributed by atoms with Crippen molar-refractivity contribution in [3.05, 3.63) is 22.9 Å². The van der Waals surface area contributed by atoms with Gasteiger partial charge in [-0.05, 0) is 20.3 Å². The molecule has 0 spiro atoms. The molecule has 0 aliphatic rings. The third-order valence-electron chi connectivity index (χ3n) is 2.48. The lowest BCUT2D eigenvalue weighted by Gasteiger charge is -2.14. The molecule has 4 heteroatoms. The van der Waals surface area contributed by atoms with E-state index < -0.39 is 6.10 Å². The summed E-state index contributed by atoms with van der Waals surface area (Å²) >= 11 is 0. The minimum absolute atomic E-state index is 0.0414. The molecule has 1 rings (SSSR count). The Labute approximate surface area is 83.8 Å². The summed E-state index contributed by atoms with van der Waals surface area (Å²) in [7, 11) is 0. The molecule has 0 bridgehead atoms. The van der Waals surface area contributed by atoms with E-state index in [0.29, 0.717) is 0 Å². The molecule has 2 atom stereocenters. The zero-order chi connectivity index (χ0) is 10.7. The van der Waals surface area contributed by atoms with E-state index in [2.05, 4.69) is 0 Å². The first-order chi connectivity index (χ1) is 6.57. The second-order valence-electron chi connectivity index (χ2n) is 3.66. The third kappa shape index (κ3) is 2.07. The molecule has 1 aromatic rings. The second-order valence-corrected chi connectivity index (χ2v) is 3.66. The maximum atomic E-state index is 11.7. The summed E-state index contributed by atoms with van der Waals surface area (Å²) in [6, 6.07) is -0.166. The highest BCUT2D eigenvalue weighted by Gasteiger charge is 2.13. The summed E-state index contributed by atoms with van der Waals surface area (Å²) in [5.74, 6) is 0. The van der Waals surface area contributed by atoms with Crippen molar-refractivity contribution in [3.8, 4) is 0 Å². The molecule has 0 saturated carbocycles. The van der Waals surface area contributed by atoms with Crippen molar-refractivity contribution in [1.82, 2.24) is 9.13 Å². The summed E-state index contributed by atoms with van der Waals surface area (Å²) in [6.07, 6.45) is 3.93. The molecule has 0 radical (unpaired) electrons. The zero-order valence-corrected chi connectivity index (χ0v) is 8.97. The van der Waals surface area contributed by atoms with Gasteiger partial charge in [0.15, 0.2) is 0 Å². The minimum Gasteiger partial charge on any atom is -0.391 e. The Bertz CT molecular complexity index is 338. The summed E-state index contributed by atoms with van der Waals surface area (Å²) in [4.78, 5) is 11.7. The van der Waals surface area contributed by atoms with Gasteiger partial charge in [0, 0.05) is 18.9 Å². The number of nitrogens with zero attached hydrogens (tertiary/aromatic N) is 2. The molecule has 4 nitrogen and oxygen atoms in total. The van der Waals surface area contributed by atoms with Crippen LogP contribution >= 0.6 is 0 Å². The molecule has 1 aromatic heterocycles. The van der Waals surface area contributed by atoms with Crippen molar-refractivity contribution >= 4 is 0 Å². The van der Waals surface area contributed by atoms with Gasteiger partial charge in [-0.25, -0.2) is 4.79 Å². The van der Waals surface area contributed by atoms with Crippen LogP contribution in [0.5, 0.6) is 0 Å². The molecule has 0 aliphatic carbocycles. The predicted molar refractivity (Wildman–Crippen MR) is 55.4 cm³/mol. The average molecular weight is 198 g/mol. The van der Waals surface area contributed by atoms with Crippen molar-refractivity contribution < 1.29 is 5.11 Å². The summed E-state index contributed by atoms with van der Waals surface area (Å²) in [5.41, 5.74) is -0.0414. The Morgan fingerprint density at radius 1 is 1.43 bits per heavy atom. The van der Waals surface area contributed by atoms with E-state index in [9.17, 15) is 9.90 Å². The monoisotopic (exact) mass is 198 g/mol. The Morgan fingerprint density at radius 2 is 2.07 bits per heavy atom. The molecule has 1 N–H and O–H groups in total. The van der Waals surface area contributed by atoms with E-state index in [1.54, 1.807) is 28.5 Å². The number of rotatable bonds is 4. The highest BCUT2D eigenvalue weighted by atomic mass is 16.3. The number of hydrogen-bond donors (Lipinski definition) is 1. The molecule has 80 valence electrons. The number of aliphatic hydroxyl groups excluding tert-OH is 1. The first kappa shape index (κ1) is 11.0. The lowest BCUT2D eigenvalue weighted by Crippen LogP contribution is -2.30. The van der Waals surface area contributed by atoms with Gasteiger partial charge >= 0.3 is 5.69 Å². The lowest BCUT2D eigenvalue weighted by atomic mass is 10.2. The van der Waals surface area contributed by atoms with Gasteiger partial charge in [-0.1, -0.05) is 6.92 Å². The van der Waals surface area contributed by atoms with Crippen LogP contribution in [0.25, 0.3) is 0 Å². The van der Waals surface area contributed by atoms with Crippen molar-refractivity contribution in [2.45, 2.75) is 45.9 Å². The Hall–Kier alpha value is -1.03. The number of aryl methyl sites for hydroxylation is 1. The number of aliphatic hydroxyl groups is 1. The summed E-state index contributed by atoms with van der Waals surface area (Å²) < 4.78 is 3.24. The van der Waals surface area contributed by atoms with Gasteiger partial charge in [0.25, 0.3) is 0 Å². The van der Waals surface area contributed by atoms with Gasteiger partial charge < -0.3 is 5.11 Å². The molecule has 1 heterocycles. The molecule has 0 fully saturated rings. The van der Waals surface area contributed by atoms with E-state index in [1.807, 2.05) is 13.8 Å². The van der Waals surface area contributed by atoms with Crippen LogP contribution in [0, 0.1) is 0 Å². The third-order valence-corrected chi connectivity index (χ3v) is 2.48. The quantitative estimate of drug-likeness (QED) is 0.784. The Balaban J connectivity index is 2.95. The standard InChI is InChI=1S/C10H18N2O2/c1-4-5-11-6-7-12(10(11)14)8(2)9(3)13/h6-9,13H,4-5H2,1-3H3. The van der Waals surface area contributed by atoms with Crippen LogP contribution in [0.15, 0.2) is 17.2 Å². The molecule has 0 aliphatic heterocycles. The maximum Gasteiger partial charge on any atom is 0.328 e. The van der Waals surface area contributed by atoms with Crippen molar-refractivity contribution in [2.75, 3.05) is 0 Å². The van der Waals surface area contributed by atoms with E-state index in [4.69, 9.17) is 0 Å². The van der Waals surface area contributed by atoms with E-state index in [-0.39, 0.29) is 11.7 Å². The molecular weight excluding hydrogens is 180 g/mol. The lowest BCUT2D eigenvalue weighted by molar-refractivity contribution is 0.137. The Kier molecular flexibility index (Phi) is 3.52. The van der Waals surface area contributed by atoms with Crippen LogP contribution in [0.3, 0.4) is 0 Å². The molecular formula is C10H18N2O2. The number of imidazole rings is 1. The van der Waals surface area contributed by atoms with Gasteiger partial charge in [0.05, 0.1) is 12.1 Å². The van der Waals surface area contributed by atoms with E-state index in [0.717, 1.165) is 13.0 Å². The van der Waals surface area contributed by atoms with Crippen LogP contribution in [0.4, 0.5) is 0 Å². The zero-order valence-electron chi connectivity index (χ0n) is 8.97. The van der Waals surface area contributed by atoms with Crippen molar-refractivity contribution in [3.63, 3.8) is 0 Å². The SMILES string of the molecule is CCCn1ccn(C(C)C(C)O)c1=O. The fourth-order valence-corrected chi connectivity index (χ4v) is 1.38. The summed E-state index contributed by atoms with van der Waals surface area (Å²) in [5, 5.41) is 9.37. The van der Waals surface area contributed by atoms with Crippen LogP contribution < -0.4 is 5.69 Å². The molecule has 0 amide bonds. The van der Waals surface area contributed by atoms with Crippen molar-refractivity contribution in [2.24, 2.45) is 0 Å².